The summed E-state index contributed by atoms with van der Waals surface area (Å²) in [4.78, 5) is 14.7. The molecule has 0 spiro atoms. The van der Waals surface area contributed by atoms with E-state index in [1.165, 1.54) is 5.56 Å². The van der Waals surface area contributed by atoms with Gasteiger partial charge in [-0.2, -0.15) is 0 Å². The van der Waals surface area contributed by atoms with E-state index in [-0.39, 0.29) is 5.41 Å². The SMILES string of the molecule is CCC1(C(=O)N(C)CCc2ccccc2)CCCNC1. The van der Waals surface area contributed by atoms with Crippen molar-refractivity contribution in [2.24, 2.45) is 5.41 Å². The summed E-state index contributed by atoms with van der Waals surface area (Å²) in [5.74, 6) is 0.308. The van der Waals surface area contributed by atoms with Crippen molar-refractivity contribution in [1.29, 1.82) is 0 Å². The summed E-state index contributed by atoms with van der Waals surface area (Å²) in [5.41, 5.74) is 1.11. The van der Waals surface area contributed by atoms with Crippen molar-refractivity contribution in [2.45, 2.75) is 32.6 Å². The Morgan fingerprint density at radius 2 is 2.10 bits per heavy atom. The minimum absolute atomic E-state index is 0.177. The summed E-state index contributed by atoms with van der Waals surface area (Å²) in [7, 11) is 1.94. The zero-order chi connectivity index (χ0) is 14.4. The molecule has 0 aromatic heterocycles. The van der Waals surface area contributed by atoms with Gasteiger partial charge in [-0.25, -0.2) is 0 Å². The molecule has 0 saturated carbocycles. The van der Waals surface area contributed by atoms with Crippen LogP contribution < -0.4 is 5.32 Å². The van der Waals surface area contributed by atoms with Crippen LogP contribution in [0.1, 0.15) is 31.7 Å². The predicted octanol–water partition coefficient (Wildman–Crippen LogP) is 2.47. The minimum atomic E-state index is -0.177. The number of carbonyl (C=O) groups is 1. The normalized spacial score (nSPS) is 22.5. The molecule has 1 aromatic rings. The molecule has 1 aliphatic rings. The Bertz CT molecular complexity index is 424. The molecule has 110 valence electrons. The van der Waals surface area contributed by atoms with Gasteiger partial charge >= 0.3 is 0 Å². The molecule has 1 saturated heterocycles. The highest BCUT2D eigenvalue weighted by molar-refractivity contribution is 5.83. The topological polar surface area (TPSA) is 32.3 Å². The number of carbonyl (C=O) groups excluding carboxylic acids is 1. The van der Waals surface area contributed by atoms with Crippen molar-refractivity contribution in [1.82, 2.24) is 10.2 Å². The molecule has 0 bridgehead atoms. The van der Waals surface area contributed by atoms with Crippen molar-refractivity contribution in [3.05, 3.63) is 35.9 Å². The summed E-state index contributed by atoms with van der Waals surface area (Å²) >= 11 is 0. The zero-order valence-corrected chi connectivity index (χ0v) is 12.7. The van der Waals surface area contributed by atoms with Crippen LogP contribution in [0.25, 0.3) is 0 Å². The second-order valence-electron chi connectivity index (χ2n) is 5.88. The molecule has 1 unspecified atom stereocenters. The van der Waals surface area contributed by atoms with Crippen LogP contribution in [0.4, 0.5) is 0 Å². The van der Waals surface area contributed by atoms with Gasteiger partial charge in [-0.15, -0.1) is 0 Å². The molecule has 0 aliphatic carbocycles. The van der Waals surface area contributed by atoms with E-state index in [0.29, 0.717) is 5.91 Å². The zero-order valence-electron chi connectivity index (χ0n) is 12.7. The van der Waals surface area contributed by atoms with Crippen LogP contribution in [0.15, 0.2) is 30.3 Å². The van der Waals surface area contributed by atoms with Gasteiger partial charge in [-0.05, 0) is 37.8 Å². The Morgan fingerprint density at radius 3 is 2.70 bits per heavy atom. The second kappa shape index (κ2) is 6.89. The van der Waals surface area contributed by atoms with Gasteiger partial charge in [0.1, 0.15) is 0 Å². The van der Waals surface area contributed by atoms with E-state index in [1.54, 1.807) is 0 Å². The van der Waals surface area contributed by atoms with Gasteiger partial charge in [0.25, 0.3) is 0 Å². The maximum absolute atomic E-state index is 12.8. The second-order valence-corrected chi connectivity index (χ2v) is 5.88. The van der Waals surface area contributed by atoms with Crippen molar-refractivity contribution in [2.75, 3.05) is 26.7 Å². The Hall–Kier alpha value is -1.35. The average molecular weight is 274 g/mol. The van der Waals surface area contributed by atoms with E-state index in [2.05, 4.69) is 36.5 Å². The van der Waals surface area contributed by atoms with Gasteiger partial charge in [0, 0.05) is 20.1 Å². The Balaban J connectivity index is 1.93. The van der Waals surface area contributed by atoms with Crippen LogP contribution in [0.2, 0.25) is 0 Å². The molecule has 1 amide bonds. The largest absolute Gasteiger partial charge is 0.345 e. The fourth-order valence-corrected chi connectivity index (χ4v) is 3.05. The monoisotopic (exact) mass is 274 g/mol. The van der Waals surface area contributed by atoms with E-state index in [9.17, 15) is 4.79 Å². The fraction of sp³-hybridized carbons (Fsp3) is 0.588. The van der Waals surface area contributed by atoms with Crippen molar-refractivity contribution < 1.29 is 4.79 Å². The molecule has 1 heterocycles. The number of likely N-dealkylation sites (N-methyl/N-ethyl adjacent to an activating group) is 1. The smallest absolute Gasteiger partial charge is 0.229 e. The number of amides is 1. The number of hydrogen-bond donors (Lipinski definition) is 1. The first-order valence-corrected chi connectivity index (χ1v) is 7.68. The highest BCUT2D eigenvalue weighted by Gasteiger charge is 2.39. The highest BCUT2D eigenvalue weighted by atomic mass is 16.2. The van der Waals surface area contributed by atoms with Gasteiger partial charge in [0.05, 0.1) is 5.41 Å². The lowest BCUT2D eigenvalue weighted by atomic mass is 9.77. The van der Waals surface area contributed by atoms with Gasteiger partial charge < -0.3 is 10.2 Å². The summed E-state index contributed by atoms with van der Waals surface area (Å²) < 4.78 is 0. The van der Waals surface area contributed by atoms with Crippen LogP contribution in [-0.4, -0.2) is 37.5 Å². The molecule has 20 heavy (non-hydrogen) atoms. The van der Waals surface area contributed by atoms with Gasteiger partial charge in [0.15, 0.2) is 0 Å². The molecule has 1 aliphatic heterocycles. The van der Waals surface area contributed by atoms with Crippen LogP contribution in [0.3, 0.4) is 0 Å². The number of nitrogens with one attached hydrogen (secondary N) is 1. The molecule has 3 nitrogen and oxygen atoms in total. The average Bonchev–Trinajstić information content (AvgIpc) is 2.53. The Labute approximate surface area is 122 Å². The fourth-order valence-electron chi connectivity index (χ4n) is 3.05. The third kappa shape index (κ3) is 3.40. The van der Waals surface area contributed by atoms with Crippen molar-refractivity contribution in [3.8, 4) is 0 Å². The first-order valence-electron chi connectivity index (χ1n) is 7.68. The van der Waals surface area contributed by atoms with Crippen LogP contribution in [0, 0.1) is 5.41 Å². The summed E-state index contributed by atoms with van der Waals surface area (Å²) in [5, 5.41) is 3.39. The van der Waals surface area contributed by atoms with E-state index < -0.39 is 0 Å². The molecular weight excluding hydrogens is 248 g/mol. The standard InChI is InChI=1S/C17H26N2O/c1-3-17(11-7-12-18-14-17)16(20)19(2)13-10-15-8-5-4-6-9-15/h4-6,8-9,18H,3,7,10-14H2,1-2H3. The minimum Gasteiger partial charge on any atom is -0.345 e. The van der Waals surface area contributed by atoms with E-state index >= 15 is 0 Å². The Morgan fingerprint density at radius 1 is 1.35 bits per heavy atom. The quantitative estimate of drug-likeness (QED) is 0.894. The predicted molar refractivity (Wildman–Crippen MR) is 82.6 cm³/mol. The van der Waals surface area contributed by atoms with E-state index in [4.69, 9.17) is 0 Å². The molecule has 1 aromatic carbocycles. The van der Waals surface area contributed by atoms with Crippen molar-refractivity contribution in [3.63, 3.8) is 0 Å². The molecule has 1 fully saturated rings. The molecule has 3 heteroatoms. The lowest BCUT2D eigenvalue weighted by Gasteiger charge is -2.38. The van der Waals surface area contributed by atoms with Crippen LogP contribution in [-0.2, 0) is 11.2 Å². The number of benzene rings is 1. The molecular formula is C17H26N2O. The van der Waals surface area contributed by atoms with Crippen molar-refractivity contribution >= 4 is 5.91 Å². The highest BCUT2D eigenvalue weighted by Crippen LogP contribution is 2.32. The molecule has 2 rings (SSSR count). The lowest BCUT2D eigenvalue weighted by molar-refractivity contribution is -0.142. The number of piperidine rings is 1. The molecule has 0 radical (unpaired) electrons. The van der Waals surface area contributed by atoms with Gasteiger partial charge in [0.2, 0.25) is 5.91 Å². The first kappa shape index (κ1) is 15.0. The first-order chi connectivity index (χ1) is 9.68. The van der Waals surface area contributed by atoms with Gasteiger partial charge in [-0.3, -0.25) is 4.79 Å². The molecule has 1 atom stereocenters. The number of rotatable bonds is 5. The van der Waals surface area contributed by atoms with Gasteiger partial charge in [-0.1, -0.05) is 37.3 Å². The summed E-state index contributed by atoms with van der Waals surface area (Å²) in [6.07, 6.45) is 3.97. The maximum Gasteiger partial charge on any atom is 0.229 e. The van der Waals surface area contributed by atoms with Crippen LogP contribution in [0.5, 0.6) is 0 Å². The third-order valence-corrected chi connectivity index (χ3v) is 4.53. The van der Waals surface area contributed by atoms with Crippen LogP contribution >= 0.6 is 0 Å². The number of nitrogens with zero attached hydrogens (tertiary/aromatic N) is 1. The van der Waals surface area contributed by atoms with E-state index in [0.717, 1.165) is 45.3 Å². The Kier molecular flexibility index (Phi) is 5.18. The molecule has 1 N–H and O–H groups in total. The summed E-state index contributed by atoms with van der Waals surface area (Å²) in [6.45, 7) is 4.81. The number of hydrogen-bond acceptors (Lipinski definition) is 2. The lowest BCUT2D eigenvalue weighted by Crippen LogP contribution is -2.51. The maximum atomic E-state index is 12.8. The summed E-state index contributed by atoms with van der Waals surface area (Å²) in [6, 6.07) is 10.4. The van der Waals surface area contributed by atoms with E-state index in [1.807, 2.05) is 18.0 Å². The third-order valence-electron chi connectivity index (χ3n) is 4.53.